The van der Waals surface area contributed by atoms with Crippen molar-refractivity contribution < 1.29 is 9.53 Å². The summed E-state index contributed by atoms with van der Waals surface area (Å²) in [6.45, 7) is 5.71. The molecule has 1 aliphatic rings. The summed E-state index contributed by atoms with van der Waals surface area (Å²) < 4.78 is 5.50. The molecule has 4 heteroatoms. The summed E-state index contributed by atoms with van der Waals surface area (Å²) in [5.41, 5.74) is 5.30. The number of likely N-dealkylation sites (tertiary alicyclic amines) is 1. The molecule has 0 bridgehead atoms. The zero-order valence-electron chi connectivity index (χ0n) is 8.45. The van der Waals surface area contributed by atoms with Crippen LogP contribution in [0.15, 0.2) is 12.7 Å². The number of carbonyl (C=O) groups excluding carboxylic acids is 1. The number of carbonyl (C=O) groups is 1. The average molecular weight is 198 g/mol. The maximum atomic E-state index is 11.3. The van der Waals surface area contributed by atoms with Crippen molar-refractivity contribution in [3.05, 3.63) is 12.7 Å². The third-order valence-corrected chi connectivity index (χ3v) is 2.36. The van der Waals surface area contributed by atoms with E-state index in [1.807, 2.05) is 0 Å². The molecule has 0 aliphatic carbocycles. The molecule has 2 N–H and O–H groups in total. The highest BCUT2D eigenvalue weighted by Gasteiger charge is 2.22. The van der Waals surface area contributed by atoms with E-state index in [1.165, 1.54) is 0 Å². The second-order valence-corrected chi connectivity index (χ2v) is 3.43. The van der Waals surface area contributed by atoms with Gasteiger partial charge in [-0.1, -0.05) is 6.08 Å². The Morgan fingerprint density at radius 1 is 1.71 bits per heavy atom. The van der Waals surface area contributed by atoms with Gasteiger partial charge in [0.2, 0.25) is 5.91 Å². The highest BCUT2D eigenvalue weighted by Crippen LogP contribution is 2.12. The van der Waals surface area contributed by atoms with Crippen molar-refractivity contribution in [1.29, 1.82) is 0 Å². The smallest absolute Gasteiger partial charge is 0.236 e. The number of piperidine rings is 1. The number of nitrogens with zero attached hydrogens (tertiary/aromatic N) is 1. The number of rotatable bonds is 4. The summed E-state index contributed by atoms with van der Waals surface area (Å²) in [5, 5.41) is 0. The van der Waals surface area contributed by atoms with Gasteiger partial charge in [-0.05, 0) is 12.8 Å². The van der Waals surface area contributed by atoms with Crippen molar-refractivity contribution in [3.63, 3.8) is 0 Å². The monoisotopic (exact) mass is 198 g/mol. The Morgan fingerprint density at radius 3 is 3.14 bits per heavy atom. The van der Waals surface area contributed by atoms with Gasteiger partial charge in [0.25, 0.3) is 0 Å². The average Bonchev–Trinajstić information content (AvgIpc) is 2.25. The molecule has 1 saturated heterocycles. The van der Waals surface area contributed by atoms with E-state index in [0.717, 1.165) is 19.4 Å². The van der Waals surface area contributed by atoms with E-state index in [-0.39, 0.29) is 18.6 Å². The topological polar surface area (TPSA) is 55.6 Å². The molecule has 0 aromatic carbocycles. The van der Waals surface area contributed by atoms with Crippen LogP contribution >= 0.6 is 0 Å². The molecule has 1 rings (SSSR count). The Bertz CT molecular complexity index is 206. The first kappa shape index (κ1) is 11.2. The number of hydrogen-bond acceptors (Lipinski definition) is 3. The van der Waals surface area contributed by atoms with Crippen LogP contribution in [0.5, 0.6) is 0 Å². The third kappa shape index (κ3) is 3.12. The van der Waals surface area contributed by atoms with E-state index in [9.17, 15) is 4.79 Å². The zero-order valence-corrected chi connectivity index (χ0v) is 8.45. The van der Waals surface area contributed by atoms with Crippen LogP contribution in [0.2, 0.25) is 0 Å². The first-order valence-corrected chi connectivity index (χ1v) is 4.98. The molecule has 1 amide bonds. The molecule has 14 heavy (non-hydrogen) atoms. The molecule has 1 atom stereocenters. The Hall–Kier alpha value is -0.870. The van der Waals surface area contributed by atoms with Gasteiger partial charge in [0.1, 0.15) is 0 Å². The number of amides is 1. The maximum absolute atomic E-state index is 11.3. The largest absolute Gasteiger partial charge is 0.372 e. The summed E-state index contributed by atoms with van der Waals surface area (Å²) in [7, 11) is 0. The van der Waals surface area contributed by atoms with Crippen molar-refractivity contribution in [2.75, 3.05) is 26.2 Å². The first-order valence-electron chi connectivity index (χ1n) is 4.98. The van der Waals surface area contributed by atoms with E-state index in [0.29, 0.717) is 13.2 Å². The summed E-state index contributed by atoms with van der Waals surface area (Å²) in [6.07, 6.45) is 3.89. The summed E-state index contributed by atoms with van der Waals surface area (Å²) in [5.74, 6) is 0.0110. The molecule has 0 saturated carbocycles. The SMILES string of the molecule is C=CCOC1CCCN(C(=O)CN)C1. The second kappa shape index (κ2) is 5.78. The normalized spacial score (nSPS) is 22.1. The molecular formula is C10H18N2O2. The van der Waals surface area contributed by atoms with Crippen LogP contribution < -0.4 is 5.73 Å². The molecule has 1 fully saturated rings. The molecule has 0 aromatic rings. The van der Waals surface area contributed by atoms with Crippen molar-refractivity contribution in [1.82, 2.24) is 4.90 Å². The molecule has 1 aliphatic heterocycles. The van der Waals surface area contributed by atoms with Gasteiger partial charge in [-0.2, -0.15) is 0 Å². The number of hydrogen-bond donors (Lipinski definition) is 1. The van der Waals surface area contributed by atoms with Crippen LogP contribution in [0.4, 0.5) is 0 Å². The number of nitrogens with two attached hydrogens (primary N) is 1. The van der Waals surface area contributed by atoms with E-state index in [4.69, 9.17) is 10.5 Å². The third-order valence-electron chi connectivity index (χ3n) is 2.36. The van der Waals surface area contributed by atoms with E-state index in [1.54, 1.807) is 11.0 Å². The van der Waals surface area contributed by atoms with Crippen LogP contribution in [0.3, 0.4) is 0 Å². The maximum Gasteiger partial charge on any atom is 0.236 e. The van der Waals surface area contributed by atoms with Crippen LogP contribution in [-0.2, 0) is 9.53 Å². The fourth-order valence-electron chi connectivity index (χ4n) is 1.63. The molecule has 80 valence electrons. The predicted octanol–water partition coefficient (Wildman–Crippen LogP) is 0.139. The van der Waals surface area contributed by atoms with E-state index < -0.39 is 0 Å². The lowest BCUT2D eigenvalue weighted by molar-refractivity contribution is -0.133. The van der Waals surface area contributed by atoms with Gasteiger partial charge in [0.15, 0.2) is 0 Å². The van der Waals surface area contributed by atoms with Gasteiger partial charge in [0.05, 0.1) is 19.3 Å². The fourth-order valence-corrected chi connectivity index (χ4v) is 1.63. The summed E-state index contributed by atoms with van der Waals surface area (Å²) in [6, 6.07) is 0. The molecular weight excluding hydrogens is 180 g/mol. The van der Waals surface area contributed by atoms with Crippen molar-refractivity contribution in [2.24, 2.45) is 5.73 Å². The van der Waals surface area contributed by atoms with Crippen LogP contribution in [0.1, 0.15) is 12.8 Å². The lowest BCUT2D eigenvalue weighted by atomic mass is 10.1. The van der Waals surface area contributed by atoms with Gasteiger partial charge >= 0.3 is 0 Å². The van der Waals surface area contributed by atoms with Crippen molar-refractivity contribution in [2.45, 2.75) is 18.9 Å². The number of ether oxygens (including phenoxy) is 1. The van der Waals surface area contributed by atoms with E-state index in [2.05, 4.69) is 6.58 Å². The Labute approximate surface area is 84.7 Å². The Balaban J connectivity index is 2.35. The van der Waals surface area contributed by atoms with Crippen LogP contribution in [0, 0.1) is 0 Å². The minimum atomic E-state index is 0.0110. The molecule has 4 nitrogen and oxygen atoms in total. The zero-order chi connectivity index (χ0) is 10.4. The molecule has 1 unspecified atom stereocenters. The van der Waals surface area contributed by atoms with Gasteiger partial charge in [-0.3, -0.25) is 4.79 Å². The minimum Gasteiger partial charge on any atom is -0.372 e. The van der Waals surface area contributed by atoms with Crippen LogP contribution in [0.25, 0.3) is 0 Å². The molecule has 0 aromatic heterocycles. The second-order valence-electron chi connectivity index (χ2n) is 3.43. The lowest BCUT2D eigenvalue weighted by Crippen LogP contribution is -2.45. The predicted molar refractivity (Wildman–Crippen MR) is 54.8 cm³/mol. The van der Waals surface area contributed by atoms with Gasteiger partial charge < -0.3 is 15.4 Å². The Morgan fingerprint density at radius 2 is 2.50 bits per heavy atom. The highest BCUT2D eigenvalue weighted by atomic mass is 16.5. The lowest BCUT2D eigenvalue weighted by Gasteiger charge is -2.32. The summed E-state index contributed by atoms with van der Waals surface area (Å²) in [4.78, 5) is 13.1. The van der Waals surface area contributed by atoms with Crippen LogP contribution in [-0.4, -0.2) is 43.2 Å². The van der Waals surface area contributed by atoms with Crippen molar-refractivity contribution >= 4 is 5.91 Å². The minimum absolute atomic E-state index is 0.0110. The molecule has 0 spiro atoms. The van der Waals surface area contributed by atoms with E-state index >= 15 is 0 Å². The highest BCUT2D eigenvalue weighted by molar-refractivity contribution is 5.78. The van der Waals surface area contributed by atoms with Gasteiger partial charge in [0, 0.05) is 13.1 Å². The summed E-state index contributed by atoms with van der Waals surface area (Å²) >= 11 is 0. The van der Waals surface area contributed by atoms with Gasteiger partial charge in [-0.15, -0.1) is 6.58 Å². The molecule has 1 heterocycles. The quantitative estimate of drug-likeness (QED) is 0.654. The fraction of sp³-hybridized carbons (Fsp3) is 0.700. The van der Waals surface area contributed by atoms with Crippen molar-refractivity contribution in [3.8, 4) is 0 Å². The van der Waals surface area contributed by atoms with Gasteiger partial charge in [-0.25, -0.2) is 0 Å². The standard InChI is InChI=1S/C10H18N2O2/c1-2-6-14-9-4-3-5-12(8-9)10(13)7-11/h2,9H,1,3-8,11H2. The molecule has 0 radical (unpaired) electrons. The Kier molecular flexibility index (Phi) is 4.62. The first-order chi connectivity index (χ1) is 6.77.